The Morgan fingerprint density at radius 3 is 2.25 bits per heavy atom. The van der Waals surface area contributed by atoms with Gasteiger partial charge in [-0.1, -0.05) is 54.6 Å². The zero-order valence-electron chi connectivity index (χ0n) is 16.4. The van der Waals surface area contributed by atoms with E-state index < -0.39 is 0 Å². The molecule has 0 N–H and O–H groups in total. The zero-order chi connectivity index (χ0) is 19.6. The number of carbonyl (C=O) groups is 1. The molecule has 5 heteroatoms. The number of amides is 1. The van der Waals surface area contributed by atoms with Crippen molar-refractivity contribution in [3.05, 3.63) is 66.2 Å². The van der Waals surface area contributed by atoms with Crippen LogP contribution in [-0.2, 0) is 4.79 Å². The van der Waals surface area contributed by atoms with Crippen molar-refractivity contribution >= 4 is 12.0 Å². The third-order valence-electron chi connectivity index (χ3n) is 4.70. The first-order chi connectivity index (χ1) is 13.8. The minimum atomic E-state index is 0.0192. The largest absolute Gasteiger partial charge is 0.490 e. The van der Waals surface area contributed by atoms with E-state index in [1.807, 2.05) is 54.3 Å². The monoisotopic (exact) mass is 380 g/mol. The summed E-state index contributed by atoms with van der Waals surface area (Å²) in [6.45, 7) is 6.64. The molecular weight excluding hydrogens is 352 g/mol. The van der Waals surface area contributed by atoms with E-state index >= 15 is 0 Å². The van der Waals surface area contributed by atoms with Crippen LogP contribution in [0.3, 0.4) is 0 Å². The average Bonchev–Trinajstić information content (AvgIpc) is 2.74. The second-order valence-corrected chi connectivity index (χ2v) is 6.66. The Labute approximate surface area is 167 Å². The van der Waals surface area contributed by atoms with Crippen LogP contribution in [0.25, 0.3) is 6.08 Å². The van der Waals surface area contributed by atoms with E-state index in [9.17, 15) is 4.79 Å². The number of benzene rings is 2. The van der Waals surface area contributed by atoms with E-state index in [4.69, 9.17) is 9.47 Å². The molecule has 0 aromatic heterocycles. The topological polar surface area (TPSA) is 42.0 Å². The van der Waals surface area contributed by atoms with Crippen molar-refractivity contribution in [2.24, 2.45) is 0 Å². The molecule has 0 atom stereocenters. The van der Waals surface area contributed by atoms with Gasteiger partial charge in [-0.25, -0.2) is 0 Å². The van der Waals surface area contributed by atoms with Gasteiger partial charge >= 0.3 is 0 Å². The molecule has 28 heavy (non-hydrogen) atoms. The molecule has 1 amide bonds. The van der Waals surface area contributed by atoms with Crippen molar-refractivity contribution in [3.63, 3.8) is 0 Å². The fraction of sp³-hybridized carbons (Fsp3) is 0.348. The summed E-state index contributed by atoms with van der Waals surface area (Å²) in [6, 6.07) is 17.7. The van der Waals surface area contributed by atoms with Crippen molar-refractivity contribution in [2.45, 2.75) is 6.92 Å². The van der Waals surface area contributed by atoms with Crippen molar-refractivity contribution in [2.75, 3.05) is 45.9 Å². The fourth-order valence-electron chi connectivity index (χ4n) is 3.16. The lowest BCUT2D eigenvalue weighted by molar-refractivity contribution is -0.135. The SMILES string of the molecule is CCOc1ccccc1OCC(=O)N1CCN(C/C=C/c2ccccc2)CC1. The first-order valence-electron chi connectivity index (χ1n) is 9.82. The van der Waals surface area contributed by atoms with Crippen LogP contribution in [0.2, 0.25) is 0 Å². The highest BCUT2D eigenvalue weighted by atomic mass is 16.5. The van der Waals surface area contributed by atoms with Gasteiger partial charge in [-0.15, -0.1) is 0 Å². The molecule has 1 saturated heterocycles. The van der Waals surface area contributed by atoms with Crippen LogP contribution < -0.4 is 9.47 Å². The Balaban J connectivity index is 1.41. The number of hydrogen-bond acceptors (Lipinski definition) is 4. The van der Waals surface area contributed by atoms with Gasteiger partial charge in [0.05, 0.1) is 6.61 Å². The molecule has 1 aliphatic rings. The second-order valence-electron chi connectivity index (χ2n) is 6.66. The van der Waals surface area contributed by atoms with Crippen LogP contribution in [0, 0.1) is 0 Å². The van der Waals surface area contributed by atoms with Gasteiger partial charge in [0.1, 0.15) is 0 Å². The van der Waals surface area contributed by atoms with E-state index in [0.29, 0.717) is 18.1 Å². The van der Waals surface area contributed by atoms with Crippen LogP contribution in [0.15, 0.2) is 60.7 Å². The van der Waals surface area contributed by atoms with Gasteiger partial charge in [-0.05, 0) is 24.6 Å². The third-order valence-corrected chi connectivity index (χ3v) is 4.70. The predicted octanol–water partition coefficient (Wildman–Crippen LogP) is 3.32. The highest BCUT2D eigenvalue weighted by molar-refractivity contribution is 5.78. The minimum Gasteiger partial charge on any atom is -0.490 e. The molecule has 5 nitrogen and oxygen atoms in total. The van der Waals surface area contributed by atoms with Gasteiger partial charge in [0.25, 0.3) is 5.91 Å². The van der Waals surface area contributed by atoms with Crippen LogP contribution >= 0.6 is 0 Å². The summed E-state index contributed by atoms with van der Waals surface area (Å²) in [5.41, 5.74) is 1.21. The maximum Gasteiger partial charge on any atom is 0.260 e. The highest BCUT2D eigenvalue weighted by Gasteiger charge is 2.21. The van der Waals surface area contributed by atoms with Crippen molar-refractivity contribution in [1.82, 2.24) is 9.80 Å². The maximum atomic E-state index is 12.5. The summed E-state index contributed by atoms with van der Waals surface area (Å²) in [6.07, 6.45) is 4.32. The Kier molecular flexibility index (Phi) is 7.50. The summed E-state index contributed by atoms with van der Waals surface area (Å²) >= 11 is 0. The van der Waals surface area contributed by atoms with Gasteiger partial charge in [-0.2, -0.15) is 0 Å². The maximum absolute atomic E-state index is 12.5. The van der Waals surface area contributed by atoms with Crippen LogP contribution in [0.5, 0.6) is 11.5 Å². The lowest BCUT2D eigenvalue weighted by atomic mass is 10.2. The second kappa shape index (κ2) is 10.5. The van der Waals surface area contributed by atoms with E-state index in [1.54, 1.807) is 0 Å². The van der Waals surface area contributed by atoms with Gasteiger partial charge in [-0.3, -0.25) is 9.69 Å². The highest BCUT2D eigenvalue weighted by Crippen LogP contribution is 2.26. The number of piperazine rings is 1. The summed E-state index contributed by atoms with van der Waals surface area (Å²) in [4.78, 5) is 16.7. The quantitative estimate of drug-likeness (QED) is 0.705. The smallest absolute Gasteiger partial charge is 0.260 e. The molecule has 0 radical (unpaired) electrons. The van der Waals surface area contributed by atoms with E-state index in [0.717, 1.165) is 32.7 Å². The van der Waals surface area contributed by atoms with Crippen LogP contribution in [0.1, 0.15) is 12.5 Å². The Morgan fingerprint density at radius 1 is 0.929 bits per heavy atom. The lowest BCUT2D eigenvalue weighted by Gasteiger charge is -2.34. The van der Waals surface area contributed by atoms with Gasteiger partial charge in [0.2, 0.25) is 0 Å². The summed E-state index contributed by atoms with van der Waals surface area (Å²) < 4.78 is 11.2. The summed E-state index contributed by atoms with van der Waals surface area (Å²) in [5.74, 6) is 1.31. The molecule has 148 valence electrons. The molecule has 0 aliphatic carbocycles. The van der Waals surface area contributed by atoms with Crippen molar-refractivity contribution in [1.29, 1.82) is 0 Å². The predicted molar refractivity (Wildman–Crippen MR) is 112 cm³/mol. The van der Waals surface area contributed by atoms with E-state index in [1.165, 1.54) is 5.56 Å². The molecular formula is C23H28N2O3. The Morgan fingerprint density at radius 2 is 1.57 bits per heavy atom. The van der Waals surface area contributed by atoms with Crippen molar-refractivity contribution in [3.8, 4) is 11.5 Å². The normalized spacial score (nSPS) is 15.0. The van der Waals surface area contributed by atoms with Crippen LogP contribution in [0.4, 0.5) is 0 Å². The Hall–Kier alpha value is -2.79. The Bertz CT molecular complexity index is 768. The lowest BCUT2D eigenvalue weighted by Crippen LogP contribution is -2.49. The zero-order valence-corrected chi connectivity index (χ0v) is 16.4. The van der Waals surface area contributed by atoms with E-state index in [-0.39, 0.29) is 12.5 Å². The molecule has 3 rings (SSSR count). The number of rotatable bonds is 8. The molecule has 0 unspecified atom stereocenters. The molecule has 1 fully saturated rings. The van der Waals surface area contributed by atoms with Gasteiger partial charge in [0, 0.05) is 32.7 Å². The van der Waals surface area contributed by atoms with Crippen LogP contribution in [-0.4, -0.2) is 61.6 Å². The summed E-state index contributed by atoms with van der Waals surface area (Å²) in [5, 5.41) is 0. The minimum absolute atomic E-state index is 0.0192. The van der Waals surface area contributed by atoms with Gasteiger partial charge in [0.15, 0.2) is 18.1 Å². The van der Waals surface area contributed by atoms with Gasteiger partial charge < -0.3 is 14.4 Å². The first-order valence-corrected chi connectivity index (χ1v) is 9.82. The average molecular weight is 380 g/mol. The molecule has 2 aromatic rings. The molecule has 0 saturated carbocycles. The van der Waals surface area contributed by atoms with E-state index in [2.05, 4.69) is 29.2 Å². The molecule has 1 aliphatic heterocycles. The van der Waals surface area contributed by atoms with Crippen molar-refractivity contribution < 1.29 is 14.3 Å². The molecule has 2 aromatic carbocycles. The number of ether oxygens (including phenoxy) is 2. The standard InChI is InChI=1S/C23H28N2O3/c1-2-27-21-12-6-7-13-22(21)28-19-23(26)25-17-15-24(16-18-25)14-8-11-20-9-4-3-5-10-20/h3-13H,2,14-19H2,1H3/b11-8+. The molecule has 1 heterocycles. The number of carbonyl (C=O) groups excluding carboxylic acids is 1. The molecule has 0 spiro atoms. The molecule has 0 bridgehead atoms. The fourth-order valence-corrected chi connectivity index (χ4v) is 3.16. The first kappa shape index (κ1) is 20.0. The summed E-state index contributed by atoms with van der Waals surface area (Å²) in [7, 11) is 0. The number of hydrogen-bond donors (Lipinski definition) is 0. The number of nitrogens with zero attached hydrogens (tertiary/aromatic N) is 2. The third kappa shape index (κ3) is 5.86. The number of para-hydroxylation sites is 2.